The summed E-state index contributed by atoms with van der Waals surface area (Å²) in [5, 5.41) is 0. The van der Waals surface area contributed by atoms with Gasteiger partial charge in [0.25, 0.3) is 0 Å². The Morgan fingerprint density at radius 3 is 2.55 bits per heavy atom. The van der Waals surface area contributed by atoms with E-state index in [4.69, 9.17) is 9.47 Å². The minimum atomic E-state index is -0.559. The number of hydrogen-bond acceptors (Lipinski definition) is 4. The van der Waals surface area contributed by atoms with Gasteiger partial charge in [-0.2, -0.15) is 0 Å². The van der Waals surface area contributed by atoms with E-state index in [2.05, 4.69) is 13.5 Å². The lowest BCUT2D eigenvalue weighted by atomic mass is 10.2. The first-order chi connectivity index (χ1) is 9.56. The number of carbonyl (C=O) groups excluding carboxylic acids is 2. The van der Waals surface area contributed by atoms with E-state index in [1.165, 1.54) is 0 Å². The Morgan fingerprint density at radius 2 is 1.90 bits per heavy atom. The quantitative estimate of drug-likeness (QED) is 0.331. The molecule has 0 saturated heterocycles. The summed E-state index contributed by atoms with van der Waals surface area (Å²) >= 11 is 0. The summed E-state index contributed by atoms with van der Waals surface area (Å²) in [4.78, 5) is 23.5. The van der Waals surface area contributed by atoms with Crippen LogP contribution >= 0.6 is 0 Å². The van der Waals surface area contributed by atoms with Gasteiger partial charge in [-0.15, -0.1) is 0 Å². The number of para-hydroxylation sites is 1. The Kier molecular flexibility index (Phi) is 6.50. The van der Waals surface area contributed by atoms with Crippen LogP contribution in [0.5, 0.6) is 5.75 Å². The van der Waals surface area contributed by atoms with Gasteiger partial charge in [0.2, 0.25) is 0 Å². The van der Waals surface area contributed by atoms with E-state index in [9.17, 15) is 9.59 Å². The molecule has 20 heavy (non-hydrogen) atoms. The summed E-state index contributed by atoms with van der Waals surface area (Å²) in [5.41, 5.74) is 0.523. The third-order valence-corrected chi connectivity index (χ3v) is 2.64. The molecule has 0 N–H and O–H groups in total. The zero-order chi connectivity index (χ0) is 15.0. The smallest absolute Gasteiger partial charge is 0.341 e. The standard InChI is InChI=1S/C16H20O4/c1-4-5-8-11-19-16(18)13-9-6-7-10-14(13)20-15(17)12(2)3/h6-7,9-10H,2,4-5,8,11H2,1,3H3. The summed E-state index contributed by atoms with van der Waals surface area (Å²) in [7, 11) is 0. The predicted molar refractivity (Wildman–Crippen MR) is 76.7 cm³/mol. The van der Waals surface area contributed by atoms with Gasteiger partial charge >= 0.3 is 11.9 Å². The molecule has 0 aliphatic heterocycles. The van der Waals surface area contributed by atoms with Gasteiger partial charge in [0.15, 0.2) is 0 Å². The first-order valence-corrected chi connectivity index (χ1v) is 6.70. The van der Waals surface area contributed by atoms with Crippen molar-refractivity contribution in [2.75, 3.05) is 6.61 Å². The van der Waals surface area contributed by atoms with Crippen molar-refractivity contribution in [2.45, 2.75) is 33.1 Å². The lowest BCUT2D eigenvalue weighted by Gasteiger charge is -2.09. The topological polar surface area (TPSA) is 52.6 Å². The van der Waals surface area contributed by atoms with Crippen LogP contribution in [0.25, 0.3) is 0 Å². The number of ether oxygens (including phenoxy) is 2. The molecule has 0 aromatic heterocycles. The van der Waals surface area contributed by atoms with Gasteiger partial charge in [-0.1, -0.05) is 38.5 Å². The van der Waals surface area contributed by atoms with Crippen LogP contribution < -0.4 is 4.74 Å². The number of hydrogen-bond donors (Lipinski definition) is 0. The number of esters is 2. The number of unbranched alkanes of at least 4 members (excludes halogenated alkanes) is 2. The highest BCUT2D eigenvalue weighted by Crippen LogP contribution is 2.20. The van der Waals surface area contributed by atoms with Crippen molar-refractivity contribution in [1.82, 2.24) is 0 Å². The zero-order valence-electron chi connectivity index (χ0n) is 12.0. The van der Waals surface area contributed by atoms with Crippen LogP contribution in [0.4, 0.5) is 0 Å². The normalized spacial score (nSPS) is 9.90. The van der Waals surface area contributed by atoms with E-state index in [0.29, 0.717) is 6.61 Å². The van der Waals surface area contributed by atoms with Gasteiger partial charge in [0.1, 0.15) is 11.3 Å². The zero-order valence-corrected chi connectivity index (χ0v) is 12.0. The molecule has 0 saturated carbocycles. The van der Waals surface area contributed by atoms with E-state index >= 15 is 0 Å². The van der Waals surface area contributed by atoms with Gasteiger partial charge in [-0.05, 0) is 25.5 Å². The minimum Gasteiger partial charge on any atom is -0.462 e. The molecule has 4 nitrogen and oxygen atoms in total. The molecular formula is C16H20O4. The minimum absolute atomic E-state index is 0.195. The summed E-state index contributed by atoms with van der Waals surface area (Å²) in [5.74, 6) is -0.844. The molecule has 0 spiro atoms. The Bertz CT molecular complexity index is 491. The maximum Gasteiger partial charge on any atom is 0.341 e. The summed E-state index contributed by atoms with van der Waals surface area (Å²) < 4.78 is 10.3. The maximum atomic E-state index is 11.9. The molecule has 0 amide bonds. The van der Waals surface area contributed by atoms with Crippen molar-refractivity contribution >= 4 is 11.9 Å². The third-order valence-electron chi connectivity index (χ3n) is 2.64. The average molecular weight is 276 g/mol. The van der Waals surface area contributed by atoms with Gasteiger partial charge in [0, 0.05) is 5.57 Å². The molecule has 0 fully saturated rings. The van der Waals surface area contributed by atoms with E-state index in [-0.39, 0.29) is 16.9 Å². The van der Waals surface area contributed by atoms with Gasteiger partial charge < -0.3 is 9.47 Å². The highest BCUT2D eigenvalue weighted by Gasteiger charge is 2.16. The molecule has 4 heteroatoms. The third kappa shape index (κ3) is 4.88. The Labute approximate surface area is 119 Å². The second-order valence-electron chi connectivity index (χ2n) is 4.51. The van der Waals surface area contributed by atoms with Crippen LogP contribution in [0.3, 0.4) is 0 Å². The van der Waals surface area contributed by atoms with E-state index in [1.54, 1.807) is 31.2 Å². The molecule has 0 heterocycles. The molecule has 108 valence electrons. The summed E-state index contributed by atoms with van der Waals surface area (Å²) in [6.07, 6.45) is 2.90. The van der Waals surface area contributed by atoms with Crippen LogP contribution in [0.1, 0.15) is 43.5 Å². The average Bonchev–Trinajstić information content (AvgIpc) is 2.43. The van der Waals surface area contributed by atoms with Gasteiger partial charge in [-0.3, -0.25) is 0 Å². The van der Waals surface area contributed by atoms with E-state index in [0.717, 1.165) is 19.3 Å². The molecule has 1 rings (SSSR count). The van der Waals surface area contributed by atoms with Gasteiger partial charge in [0.05, 0.1) is 6.61 Å². The van der Waals surface area contributed by atoms with Crippen molar-refractivity contribution in [3.8, 4) is 5.75 Å². The molecule has 0 unspecified atom stereocenters. The molecule has 1 aromatic rings. The molecule has 0 aliphatic rings. The van der Waals surface area contributed by atoms with Crippen LogP contribution in [0, 0.1) is 0 Å². The first-order valence-electron chi connectivity index (χ1n) is 6.70. The second kappa shape index (κ2) is 8.15. The molecule has 0 bridgehead atoms. The largest absolute Gasteiger partial charge is 0.462 e. The van der Waals surface area contributed by atoms with Crippen molar-refractivity contribution in [2.24, 2.45) is 0 Å². The number of rotatable bonds is 7. The summed E-state index contributed by atoms with van der Waals surface area (Å²) in [6.45, 7) is 7.50. The Hall–Kier alpha value is -2.10. The number of carbonyl (C=O) groups is 2. The van der Waals surface area contributed by atoms with Crippen LogP contribution in [-0.4, -0.2) is 18.5 Å². The fraction of sp³-hybridized carbons (Fsp3) is 0.375. The lowest BCUT2D eigenvalue weighted by molar-refractivity contribution is -0.130. The summed E-state index contributed by atoms with van der Waals surface area (Å²) in [6, 6.07) is 6.52. The SMILES string of the molecule is C=C(C)C(=O)Oc1ccccc1C(=O)OCCCCC. The lowest BCUT2D eigenvalue weighted by Crippen LogP contribution is -2.13. The first kappa shape index (κ1) is 16.0. The fourth-order valence-corrected chi connectivity index (χ4v) is 1.51. The Morgan fingerprint density at radius 1 is 1.20 bits per heavy atom. The van der Waals surface area contributed by atoms with Crippen LogP contribution in [0.15, 0.2) is 36.4 Å². The van der Waals surface area contributed by atoms with Crippen LogP contribution in [-0.2, 0) is 9.53 Å². The maximum absolute atomic E-state index is 11.9. The molecular weight excluding hydrogens is 256 g/mol. The molecule has 1 aromatic carbocycles. The van der Waals surface area contributed by atoms with Crippen molar-refractivity contribution in [3.05, 3.63) is 42.0 Å². The second-order valence-corrected chi connectivity index (χ2v) is 4.51. The molecule has 0 aliphatic carbocycles. The molecule has 0 radical (unpaired) electrons. The molecule has 0 atom stereocenters. The monoisotopic (exact) mass is 276 g/mol. The van der Waals surface area contributed by atoms with E-state index in [1.807, 2.05) is 0 Å². The highest BCUT2D eigenvalue weighted by atomic mass is 16.5. The Balaban J connectivity index is 2.71. The fourth-order valence-electron chi connectivity index (χ4n) is 1.51. The van der Waals surface area contributed by atoms with Crippen molar-refractivity contribution in [1.29, 1.82) is 0 Å². The van der Waals surface area contributed by atoms with Gasteiger partial charge in [-0.25, -0.2) is 9.59 Å². The van der Waals surface area contributed by atoms with Crippen LogP contribution in [0.2, 0.25) is 0 Å². The van der Waals surface area contributed by atoms with Crippen molar-refractivity contribution in [3.63, 3.8) is 0 Å². The van der Waals surface area contributed by atoms with Crippen molar-refractivity contribution < 1.29 is 19.1 Å². The number of benzene rings is 1. The highest BCUT2D eigenvalue weighted by molar-refractivity contribution is 5.95. The predicted octanol–water partition coefficient (Wildman–Crippen LogP) is 3.52. The van der Waals surface area contributed by atoms with E-state index < -0.39 is 11.9 Å².